The van der Waals surface area contributed by atoms with Gasteiger partial charge in [-0.25, -0.2) is 4.39 Å². The molecule has 1 aromatic rings. The van der Waals surface area contributed by atoms with E-state index in [0.717, 1.165) is 36.1 Å². The highest BCUT2D eigenvalue weighted by atomic mass is 79.9. The van der Waals surface area contributed by atoms with E-state index in [1.165, 1.54) is 6.07 Å². The van der Waals surface area contributed by atoms with Gasteiger partial charge in [-0.2, -0.15) is 0 Å². The molecule has 2 rings (SSSR count). The van der Waals surface area contributed by atoms with Crippen molar-refractivity contribution < 1.29 is 9.13 Å². The maximum Gasteiger partial charge on any atom is 0.127 e. The van der Waals surface area contributed by atoms with Crippen LogP contribution < -0.4 is 11.3 Å². The summed E-state index contributed by atoms with van der Waals surface area (Å²) in [6.45, 7) is 2.26. The van der Waals surface area contributed by atoms with Crippen molar-refractivity contribution in [2.75, 3.05) is 7.11 Å². The maximum atomic E-state index is 14.1. The van der Waals surface area contributed by atoms with Gasteiger partial charge in [-0.05, 0) is 55.7 Å². The molecule has 1 unspecified atom stereocenters. The first-order valence-corrected chi connectivity index (χ1v) is 8.25. The molecule has 0 saturated heterocycles. The second-order valence-electron chi connectivity index (χ2n) is 6.11. The lowest BCUT2D eigenvalue weighted by atomic mass is 9.74. The molecule has 118 valence electrons. The second kappa shape index (κ2) is 7.18. The molecule has 0 amide bonds. The number of halogens is 2. The van der Waals surface area contributed by atoms with Gasteiger partial charge in [0.15, 0.2) is 0 Å². The van der Waals surface area contributed by atoms with Gasteiger partial charge in [-0.3, -0.25) is 11.3 Å². The van der Waals surface area contributed by atoms with E-state index >= 15 is 0 Å². The van der Waals surface area contributed by atoms with Crippen molar-refractivity contribution in [3.05, 3.63) is 34.1 Å². The summed E-state index contributed by atoms with van der Waals surface area (Å²) >= 11 is 3.28. The predicted octanol–water partition coefficient (Wildman–Crippen LogP) is 3.56. The van der Waals surface area contributed by atoms with Gasteiger partial charge in [0.1, 0.15) is 5.82 Å². The first-order chi connectivity index (χ1) is 10.0. The molecule has 0 bridgehead atoms. The number of hydrazine groups is 1. The van der Waals surface area contributed by atoms with Crippen LogP contribution in [0.15, 0.2) is 22.7 Å². The average molecular weight is 359 g/mol. The Labute approximate surface area is 134 Å². The summed E-state index contributed by atoms with van der Waals surface area (Å²) in [6.07, 6.45) is 4.68. The highest BCUT2D eigenvalue weighted by Crippen LogP contribution is 2.37. The summed E-state index contributed by atoms with van der Waals surface area (Å²) in [7, 11) is 1.73. The summed E-state index contributed by atoms with van der Waals surface area (Å²) in [5.74, 6) is 6.28. The molecular formula is C16H24BrFN2O. The van der Waals surface area contributed by atoms with Crippen LogP contribution in [-0.2, 0) is 11.2 Å². The molecule has 1 aliphatic rings. The summed E-state index contributed by atoms with van der Waals surface area (Å²) in [5, 5.41) is 0. The van der Waals surface area contributed by atoms with Crippen LogP contribution >= 0.6 is 15.9 Å². The van der Waals surface area contributed by atoms with Gasteiger partial charge in [-0.15, -0.1) is 0 Å². The van der Waals surface area contributed by atoms with E-state index in [-0.39, 0.29) is 17.5 Å². The Morgan fingerprint density at radius 3 is 2.67 bits per heavy atom. The lowest BCUT2D eigenvalue weighted by Crippen LogP contribution is -2.57. The number of ether oxygens (including phenoxy) is 1. The van der Waals surface area contributed by atoms with E-state index in [2.05, 4.69) is 28.3 Å². The molecule has 0 aliphatic heterocycles. The Kier molecular flexibility index (Phi) is 5.77. The average Bonchev–Trinajstić information content (AvgIpc) is 2.48. The smallest absolute Gasteiger partial charge is 0.127 e. The van der Waals surface area contributed by atoms with Crippen molar-refractivity contribution in [3.63, 3.8) is 0 Å². The van der Waals surface area contributed by atoms with Crippen LogP contribution in [0, 0.1) is 11.7 Å². The molecule has 21 heavy (non-hydrogen) atoms. The lowest BCUT2D eigenvalue weighted by Gasteiger charge is -2.43. The molecule has 1 aromatic carbocycles. The van der Waals surface area contributed by atoms with Crippen molar-refractivity contribution in [3.8, 4) is 0 Å². The number of nitrogens with one attached hydrogen (secondary N) is 1. The minimum absolute atomic E-state index is 0.0920. The van der Waals surface area contributed by atoms with Crippen molar-refractivity contribution >= 4 is 15.9 Å². The number of hydrogen-bond donors (Lipinski definition) is 2. The third-order valence-electron chi connectivity index (χ3n) is 4.80. The number of nitrogens with two attached hydrogens (primary N) is 1. The van der Waals surface area contributed by atoms with E-state index in [0.29, 0.717) is 12.0 Å². The normalized spacial score (nSPS) is 27.6. The Balaban J connectivity index is 2.17. The van der Waals surface area contributed by atoms with Crippen LogP contribution in [-0.4, -0.2) is 18.8 Å². The van der Waals surface area contributed by atoms with Crippen molar-refractivity contribution in [1.29, 1.82) is 0 Å². The van der Waals surface area contributed by atoms with Gasteiger partial charge < -0.3 is 4.74 Å². The quantitative estimate of drug-likeness (QED) is 0.624. The summed E-state index contributed by atoms with van der Waals surface area (Å²) in [4.78, 5) is 0. The number of methoxy groups -OCH3 is 1. The Morgan fingerprint density at radius 2 is 2.14 bits per heavy atom. The first kappa shape index (κ1) is 16.9. The molecule has 3 N–H and O–H groups in total. The Bertz CT molecular complexity index is 475. The van der Waals surface area contributed by atoms with Crippen LogP contribution in [0.25, 0.3) is 0 Å². The molecule has 5 heteroatoms. The van der Waals surface area contributed by atoms with Gasteiger partial charge in [-0.1, -0.05) is 28.9 Å². The van der Waals surface area contributed by atoms with Gasteiger partial charge in [0.25, 0.3) is 0 Å². The van der Waals surface area contributed by atoms with Crippen molar-refractivity contribution in [2.24, 2.45) is 11.8 Å². The standard InChI is InChI=1S/C16H24BrFN2O/c1-11-5-7-16(21-2,8-6-11)15(20-19)9-12-3-4-13(17)10-14(12)18/h3-4,10-11,15,20H,5-9,19H2,1-2H3. The number of benzene rings is 1. The van der Waals surface area contributed by atoms with E-state index in [4.69, 9.17) is 10.6 Å². The van der Waals surface area contributed by atoms with Crippen LogP contribution in [0.4, 0.5) is 4.39 Å². The number of hydrogen-bond acceptors (Lipinski definition) is 3. The van der Waals surface area contributed by atoms with E-state index in [1.807, 2.05) is 6.07 Å². The van der Waals surface area contributed by atoms with E-state index < -0.39 is 0 Å². The Hall–Kier alpha value is -0.490. The summed E-state index contributed by atoms with van der Waals surface area (Å²) in [6, 6.07) is 5.06. The third-order valence-corrected chi connectivity index (χ3v) is 5.30. The zero-order chi connectivity index (χ0) is 15.5. The fourth-order valence-corrected chi connectivity index (χ4v) is 3.58. The molecule has 0 aromatic heterocycles. The van der Waals surface area contributed by atoms with E-state index in [9.17, 15) is 4.39 Å². The van der Waals surface area contributed by atoms with Crippen molar-refractivity contribution in [1.82, 2.24) is 5.43 Å². The zero-order valence-electron chi connectivity index (χ0n) is 12.7. The molecule has 0 spiro atoms. The lowest BCUT2D eigenvalue weighted by molar-refractivity contribution is -0.0747. The molecule has 3 nitrogen and oxygen atoms in total. The first-order valence-electron chi connectivity index (χ1n) is 7.46. The minimum atomic E-state index is -0.305. The largest absolute Gasteiger partial charge is 0.377 e. The maximum absolute atomic E-state index is 14.1. The molecule has 0 heterocycles. The monoisotopic (exact) mass is 358 g/mol. The highest BCUT2D eigenvalue weighted by Gasteiger charge is 2.41. The van der Waals surface area contributed by atoms with Crippen molar-refractivity contribution in [2.45, 2.75) is 50.7 Å². The molecule has 1 aliphatic carbocycles. The predicted molar refractivity (Wildman–Crippen MR) is 86.3 cm³/mol. The molecule has 1 fully saturated rings. The number of rotatable bonds is 5. The summed E-state index contributed by atoms with van der Waals surface area (Å²) in [5.41, 5.74) is 3.22. The van der Waals surface area contributed by atoms with Crippen LogP contribution in [0.1, 0.15) is 38.2 Å². The molecular weight excluding hydrogens is 335 g/mol. The van der Waals surface area contributed by atoms with Gasteiger partial charge in [0, 0.05) is 11.6 Å². The molecule has 1 saturated carbocycles. The van der Waals surface area contributed by atoms with Gasteiger partial charge in [0.05, 0.1) is 11.6 Å². The van der Waals surface area contributed by atoms with Crippen LogP contribution in [0.3, 0.4) is 0 Å². The van der Waals surface area contributed by atoms with E-state index in [1.54, 1.807) is 13.2 Å². The topological polar surface area (TPSA) is 47.3 Å². The second-order valence-corrected chi connectivity index (χ2v) is 7.03. The van der Waals surface area contributed by atoms with Crippen LogP contribution in [0.2, 0.25) is 0 Å². The highest BCUT2D eigenvalue weighted by molar-refractivity contribution is 9.10. The van der Waals surface area contributed by atoms with Gasteiger partial charge >= 0.3 is 0 Å². The Morgan fingerprint density at radius 1 is 1.48 bits per heavy atom. The van der Waals surface area contributed by atoms with Gasteiger partial charge in [0.2, 0.25) is 0 Å². The fourth-order valence-electron chi connectivity index (χ4n) is 3.25. The molecule has 1 atom stereocenters. The third kappa shape index (κ3) is 3.83. The summed E-state index contributed by atoms with van der Waals surface area (Å²) < 4.78 is 20.7. The SMILES string of the molecule is COC1(C(Cc2ccc(Br)cc2F)NN)CCC(C)CC1. The minimum Gasteiger partial charge on any atom is -0.377 e. The van der Waals surface area contributed by atoms with Crippen LogP contribution in [0.5, 0.6) is 0 Å². The zero-order valence-corrected chi connectivity index (χ0v) is 14.2. The fraction of sp³-hybridized carbons (Fsp3) is 0.625. The molecule has 0 radical (unpaired) electrons.